The molecule has 4 rings (SSSR count). The molecule has 1 heterocycles. The summed E-state index contributed by atoms with van der Waals surface area (Å²) in [5, 5.41) is 10.1. The largest absolute Gasteiger partial charge is 0.504 e. The van der Waals surface area contributed by atoms with Crippen LogP contribution in [0.1, 0.15) is 56.6 Å². The van der Waals surface area contributed by atoms with Gasteiger partial charge in [0.25, 0.3) is 0 Å². The van der Waals surface area contributed by atoms with Crippen LogP contribution in [0.15, 0.2) is 64.8 Å². The van der Waals surface area contributed by atoms with Gasteiger partial charge in [0.1, 0.15) is 5.92 Å². The molecule has 0 bridgehead atoms. The second-order valence-electron chi connectivity index (χ2n) is 9.46. The molecule has 2 aromatic carbocycles. The Morgan fingerprint density at radius 2 is 1.85 bits per heavy atom. The summed E-state index contributed by atoms with van der Waals surface area (Å²) in [5.74, 6) is -1.14. The Morgan fingerprint density at radius 3 is 2.53 bits per heavy atom. The molecule has 1 N–H and O–H groups in total. The highest BCUT2D eigenvalue weighted by molar-refractivity contribution is 6.09. The van der Waals surface area contributed by atoms with E-state index in [1.165, 1.54) is 13.2 Å². The van der Waals surface area contributed by atoms with Gasteiger partial charge in [-0.25, -0.2) is 0 Å². The lowest BCUT2D eigenvalue weighted by Gasteiger charge is -2.36. The number of esters is 1. The van der Waals surface area contributed by atoms with E-state index in [-0.39, 0.29) is 23.4 Å². The van der Waals surface area contributed by atoms with Crippen molar-refractivity contribution in [3.63, 3.8) is 0 Å². The van der Waals surface area contributed by atoms with Crippen LogP contribution in [0.2, 0.25) is 0 Å². The van der Waals surface area contributed by atoms with Crippen molar-refractivity contribution >= 4 is 17.5 Å². The minimum atomic E-state index is -0.719. The first kappa shape index (κ1) is 23.7. The highest BCUT2D eigenvalue weighted by Crippen LogP contribution is 2.47. The highest BCUT2D eigenvalue weighted by Gasteiger charge is 2.45. The quantitative estimate of drug-likeness (QED) is 0.600. The van der Waals surface area contributed by atoms with Crippen LogP contribution in [0.5, 0.6) is 11.5 Å². The molecule has 0 spiro atoms. The fourth-order valence-electron chi connectivity index (χ4n) is 4.91. The maximum Gasteiger partial charge on any atom is 0.315 e. The standard InChI is InChI=1S/C28H31NO5/c1-16(2)15-34-28(32)25-17(3)29-21-12-20(18-8-6-5-7-9-18)13-23(31)27(21)26(25)19-10-11-22(30)24(14-19)33-4/h5-11,14,16,20,25-26,30H,12-13,15H2,1-4H3/t20-,25?,26-/m0/s1. The Kier molecular flexibility index (Phi) is 6.87. The zero-order valence-corrected chi connectivity index (χ0v) is 20.1. The van der Waals surface area contributed by atoms with E-state index in [0.717, 1.165) is 16.8 Å². The van der Waals surface area contributed by atoms with Gasteiger partial charge in [-0.2, -0.15) is 0 Å². The van der Waals surface area contributed by atoms with Crippen LogP contribution < -0.4 is 4.74 Å². The van der Waals surface area contributed by atoms with Crippen molar-refractivity contribution in [2.75, 3.05) is 13.7 Å². The molecule has 0 aromatic heterocycles. The molecule has 0 radical (unpaired) electrons. The van der Waals surface area contributed by atoms with E-state index in [2.05, 4.69) is 0 Å². The highest BCUT2D eigenvalue weighted by atomic mass is 16.5. The van der Waals surface area contributed by atoms with Crippen molar-refractivity contribution < 1.29 is 24.2 Å². The van der Waals surface area contributed by atoms with Crippen LogP contribution in [-0.4, -0.2) is 36.3 Å². The predicted molar refractivity (Wildman–Crippen MR) is 130 cm³/mol. The number of ketones is 1. The number of Topliss-reactive ketones (excluding diaryl/α,β-unsaturated/α-hetero) is 1. The number of aliphatic imine (C=N–C) groups is 1. The monoisotopic (exact) mass is 461 g/mol. The number of allylic oxidation sites excluding steroid dienone is 2. The Labute approximate surface area is 200 Å². The maximum absolute atomic E-state index is 13.6. The fraction of sp³-hybridized carbons (Fsp3) is 0.393. The number of hydrogen-bond acceptors (Lipinski definition) is 6. The average Bonchev–Trinajstić information content (AvgIpc) is 2.82. The first-order chi connectivity index (χ1) is 16.3. The van der Waals surface area contributed by atoms with Crippen molar-refractivity contribution in [1.82, 2.24) is 0 Å². The summed E-state index contributed by atoms with van der Waals surface area (Å²) in [6.45, 7) is 6.08. The van der Waals surface area contributed by atoms with E-state index in [9.17, 15) is 14.7 Å². The van der Waals surface area contributed by atoms with Crippen molar-refractivity contribution in [2.24, 2.45) is 16.8 Å². The second-order valence-corrected chi connectivity index (χ2v) is 9.46. The van der Waals surface area contributed by atoms with Gasteiger partial charge in [0.05, 0.1) is 13.7 Å². The number of benzene rings is 2. The first-order valence-electron chi connectivity index (χ1n) is 11.7. The third-order valence-electron chi connectivity index (χ3n) is 6.54. The second kappa shape index (κ2) is 9.84. The Bertz CT molecular complexity index is 1150. The van der Waals surface area contributed by atoms with Gasteiger partial charge in [-0.3, -0.25) is 14.6 Å². The van der Waals surface area contributed by atoms with E-state index in [1.54, 1.807) is 12.1 Å². The lowest BCUT2D eigenvalue weighted by molar-refractivity contribution is -0.147. The molecular formula is C28H31NO5. The predicted octanol–water partition coefficient (Wildman–Crippen LogP) is 5.18. The number of phenolic OH excluding ortho intramolecular Hbond substituents is 1. The molecule has 2 aliphatic rings. The number of nitrogens with zero attached hydrogens (tertiary/aromatic N) is 1. The first-order valence-corrected chi connectivity index (χ1v) is 11.7. The van der Waals surface area contributed by atoms with Crippen molar-refractivity contribution in [1.29, 1.82) is 0 Å². The normalized spacial score (nSPS) is 22.3. The van der Waals surface area contributed by atoms with Crippen LogP contribution in [0.4, 0.5) is 0 Å². The minimum Gasteiger partial charge on any atom is -0.504 e. The molecule has 2 aromatic rings. The lowest BCUT2D eigenvalue weighted by Crippen LogP contribution is -2.38. The molecule has 1 aliphatic carbocycles. The summed E-state index contributed by atoms with van der Waals surface area (Å²) in [6, 6.07) is 15.0. The van der Waals surface area contributed by atoms with Crippen LogP contribution in [0.3, 0.4) is 0 Å². The molecule has 0 saturated heterocycles. The van der Waals surface area contributed by atoms with Crippen molar-refractivity contribution in [2.45, 2.75) is 45.4 Å². The number of methoxy groups -OCH3 is 1. The van der Waals surface area contributed by atoms with Gasteiger partial charge in [-0.05, 0) is 48.4 Å². The number of carbonyl (C=O) groups is 2. The number of carbonyl (C=O) groups excluding carboxylic acids is 2. The average molecular weight is 462 g/mol. The molecule has 6 nitrogen and oxygen atoms in total. The molecule has 0 fully saturated rings. The van der Waals surface area contributed by atoms with Crippen LogP contribution in [0.25, 0.3) is 0 Å². The van der Waals surface area contributed by atoms with Gasteiger partial charge >= 0.3 is 5.97 Å². The molecule has 0 amide bonds. The van der Waals surface area contributed by atoms with E-state index in [4.69, 9.17) is 14.5 Å². The van der Waals surface area contributed by atoms with Gasteiger partial charge < -0.3 is 14.6 Å². The summed E-state index contributed by atoms with van der Waals surface area (Å²) in [4.78, 5) is 31.7. The van der Waals surface area contributed by atoms with Crippen LogP contribution in [0, 0.1) is 11.8 Å². The van der Waals surface area contributed by atoms with Gasteiger partial charge in [0, 0.05) is 29.3 Å². The number of phenols is 1. The topological polar surface area (TPSA) is 85.2 Å². The van der Waals surface area contributed by atoms with Gasteiger partial charge in [-0.15, -0.1) is 0 Å². The number of aromatic hydroxyl groups is 1. The molecule has 1 aliphatic heterocycles. The molecule has 1 unspecified atom stereocenters. The number of ether oxygens (including phenoxy) is 2. The van der Waals surface area contributed by atoms with E-state index < -0.39 is 17.8 Å². The van der Waals surface area contributed by atoms with Crippen molar-refractivity contribution in [3.05, 3.63) is 70.9 Å². The van der Waals surface area contributed by atoms with Crippen LogP contribution in [-0.2, 0) is 14.3 Å². The maximum atomic E-state index is 13.6. The Balaban J connectivity index is 1.80. The van der Waals surface area contributed by atoms with Gasteiger partial charge in [-0.1, -0.05) is 50.2 Å². The Hall–Kier alpha value is -3.41. The minimum absolute atomic E-state index is 0.000279. The molecular weight excluding hydrogens is 430 g/mol. The van der Waals surface area contributed by atoms with Gasteiger partial charge in [0.2, 0.25) is 0 Å². The SMILES string of the molecule is COc1cc([C@@H]2C3=C(C[C@H](c4ccccc4)CC3=O)N=C(C)C2C(=O)OCC(C)C)ccc1O. The summed E-state index contributed by atoms with van der Waals surface area (Å²) >= 11 is 0. The van der Waals surface area contributed by atoms with E-state index in [0.29, 0.717) is 36.5 Å². The number of hydrogen-bond donors (Lipinski definition) is 1. The Morgan fingerprint density at radius 1 is 1.12 bits per heavy atom. The van der Waals surface area contributed by atoms with E-state index >= 15 is 0 Å². The third-order valence-corrected chi connectivity index (χ3v) is 6.54. The fourth-order valence-corrected chi connectivity index (χ4v) is 4.91. The van der Waals surface area contributed by atoms with Gasteiger partial charge in [0.15, 0.2) is 17.3 Å². The van der Waals surface area contributed by atoms with Crippen molar-refractivity contribution in [3.8, 4) is 11.5 Å². The third kappa shape index (κ3) is 4.63. The molecule has 34 heavy (non-hydrogen) atoms. The van der Waals surface area contributed by atoms with E-state index in [1.807, 2.05) is 51.1 Å². The molecule has 0 saturated carbocycles. The zero-order chi connectivity index (χ0) is 24.4. The summed E-state index contributed by atoms with van der Waals surface area (Å²) < 4.78 is 10.9. The summed E-state index contributed by atoms with van der Waals surface area (Å²) in [5.41, 5.74) is 3.75. The lowest BCUT2D eigenvalue weighted by atomic mass is 9.69. The molecule has 6 heteroatoms. The van der Waals surface area contributed by atoms with Crippen LogP contribution >= 0.6 is 0 Å². The summed E-state index contributed by atoms with van der Waals surface area (Å²) in [6.07, 6.45) is 0.985. The summed E-state index contributed by atoms with van der Waals surface area (Å²) in [7, 11) is 1.47. The molecule has 178 valence electrons. The number of rotatable bonds is 6. The zero-order valence-electron chi connectivity index (χ0n) is 20.1. The smallest absolute Gasteiger partial charge is 0.315 e. The molecule has 3 atom stereocenters.